The molecule has 1 fully saturated rings. The summed E-state index contributed by atoms with van der Waals surface area (Å²) in [5.74, 6) is -6.41. The molecular weight excluding hydrogens is 256 g/mol. The first-order valence-corrected chi connectivity index (χ1v) is 5.69. The van der Waals surface area contributed by atoms with Crippen molar-refractivity contribution in [3.63, 3.8) is 0 Å². The zero-order valence-corrected chi connectivity index (χ0v) is 9.67. The van der Waals surface area contributed by atoms with E-state index in [-0.39, 0.29) is 18.1 Å². The number of hydrogen-bond donors (Lipinski definition) is 1. The molecule has 2 rings (SSSR count). The van der Waals surface area contributed by atoms with Gasteiger partial charge in [0, 0.05) is 11.5 Å². The van der Waals surface area contributed by atoms with Crippen LogP contribution in [-0.2, 0) is 0 Å². The van der Waals surface area contributed by atoms with Gasteiger partial charge in [-0.2, -0.15) is 21.4 Å². The third-order valence-corrected chi connectivity index (χ3v) is 3.56. The Morgan fingerprint density at radius 2 is 1.65 bits per heavy atom. The Labute approximate surface area is 101 Å². The Hall–Kier alpha value is -0.910. The standard InChI is InChI=1S/C11H10F4OS/c12-6-3-7(13)9(15)10(8(6)14)16-4-11(5-17)1-2-11/h3,17H,1-2,4-5H2. The minimum Gasteiger partial charge on any atom is -0.487 e. The van der Waals surface area contributed by atoms with Crippen molar-refractivity contribution in [2.75, 3.05) is 12.4 Å². The van der Waals surface area contributed by atoms with E-state index in [9.17, 15) is 17.6 Å². The van der Waals surface area contributed by atoms with E-state index in [0.29, 0.717) is 5.75 Å². The molecule has 0 atom stereocenters. The molecule has 1 aromatic carbocycles. The van der Waals surface area contributed by atoms with Gasteiger partial charge in [-0.3, -0.25) is 0 Å². The number of rotatable bonds is 4. The van der Waals surface area contributed by atoms with Crippen molar-refractivity contribution >= 4 is 12.6 Å². The van der Waals surface area contributed by atoms with Crippen molar-refractivity contribution in [2.45, 2.75) is 12.8 Å². The van der Waals surface area contributed by atoms with Gasteiger partial charge in [-0.05, 0) is 18.6 Å². The zero-order valence-electron chi connectivity index (χ0n) is 8.77. The molecule has 0 saturated heterocycles. The van der Waals surface area contributed by atoms with Gasteiger partial charge in [0.1, 0.15) is 0 Å². The van der Waals surface area contributed by atoms with Crippen LogP contribution in [-0.4, -0.2) is 12.4 Å². The van der Waals surface area contributed by atoms with E-state index in [4.69, 9.17) is 4.74 Å². The molecule has 17 heavy (non-hydrogen) atoms. The maximum atomic E-state index is 13.2. The van der Waals surface area contributed by atoms with Crippen LogP contribution in [0.1, 0.15) is 12.8 Å². The first-order valence-electron chi connectivity index (χ1n) is 5.06. The lowest BCUT2D eigenvalue weighted by Crippen LogP contribution is -2.16. The third-order valence-electron chi connectivity index (χ3n) is 2.89. The Morgan fingerprint density at radius 3 is 2.06 bits per heavy atom. The van der Waals surface area contributed by atoms with Gasteiger partial charge >= 0.3 is 0 Å². The maximum Gasteiger partial charge on any atom is 0.203 e. The molecule has 1 aromatic rings. The highest BCUT2D eigenvalue weighted by Crippen LogP contribution is 2.47. The number of hydrogen-bond acceptors (Lipinski definition) is 2. The normalized spacial score (nSPS) is 17.0. The Morgan fingerprint density at radius 1 is 1.12 bits per heavy atom. The maximum absolute atomic E-state index is 13.2. The quantitative estimate of drug-likeness (QED) is 0.499. The third kappa shape index (κ3) is 2.36. The summed E-state index contributed by atoms with van der Waals surface area (Å²) in [5, 5.41) is 0. The van der Waals surface area contributed by atoms with Crippen molar-refractivity contribution in [3.05, 3.63) is 29.3 Å². The van der Waals surface area contributed by atoms with Crippen molar-refractivity contribution in [1.29, 1.82) is 0 Å². The lowest BCUT2D eigenvalue weighted by Gasteiger charge is -2.14. The molecule has 1 nitrogen and oxygen atoms in total. The number of ether oxygens (including phenoxy) is 1. The fraction of sp³-hybridized carbons (Fsp3) is 0.455. The van der Waals surface area contributed by atoms with Crippen LogP contribution < -0.4 is 4.74 Å². The van der Waals surface area contributed by atoms with Crippen LogP contribution in [0, 0.1) is 28.7 Å². The molecule has 0 amide bonds. The highest BCUT2D eigenvalue weighted by Gasteiger charge is 2.42. The van der Waals surface area contributed by atoms with Crippen molar-refractivity contribution in [3.8, 4) is 5.75 Å². The van der Waals surface area contributed by atoms with E-state index in [1.54, 1.807) is 0 Å². The topological polar surface area (TPSA) is 9.23 Å². The first-order chi connectivity index (χ1) is 7.99. The van der Waals surface area contributed by atoms with Gasteiger partial charge < -0.3 is 4.74 Å². The number of halogens is 4. The number of benzene rings is 1. The molecule has 0 heterocycles. The molecule has 1 aliphatic rings. The van der Waals surface area contributed by atoms with Crippen LogP contribution in [0.5, 0.6) is 5.75 Å². The molecule has 1 saturated carbocycles. The summed E-state index contributed by atoms with van der Waals surface area (Å²) in [6.07, 6.45) is 1.66. The van der Waals surface area contributed by atoms with Crippen molar-refractivity contribution < 1.29 is 22.3 Å². The smallest absolute Gasteiger partial charge is 0.203 e. The molecule has 0 aliphatic heterocycles. The van der Waals surface area contributed by atoms with Gasteiger partial charge in [0.15, 0.2) is 17.4 Å². The summed E-state index contributed by atoms with van der Waals surface area (Å²) in [6.45, 7) is 0.00718. The van der Waals surface area contributed by atoms with Crippen LogP contribution in [0.3, 0.4) is 0 Å². The predicted octanol–water partition coefficient (Wildman–Crippen LogP) is 3.33. The number of thiol groups is 1. The summed E-state index contributed by atoms with van der Waals surface area (Å²) >= 11 is 4.09. The lowest BCUT2D eigenvalue weighted by atomic mass is 10.1. The average molecular weight is 266 g/mol. The van der Waals surface area contributed by atoms with Crippen LogP contribution >= 0.6 is 12.6 Å². The van der Waals surface area contributed by atoms with Gasteiger partial charge in [-0.1, -0.05) is 0 Å². The monoisotopic (exact) mass is 266 g/mol. The summed E-state index contributed by atoms with van der Waals surface area (Å²) in [7, 11) is 0. The summed E-state index contributed by atoms with van der Waals surface area (Å²) in [6, 6.07) is 0.156. The lowest BCUT2D eigenvalue weighted by molar-refractivity contribution is 0.222. The second-order valence-corrected chi connectivity index (χ2v) is 4.56. The molecule has 0 bridgehead atoms. The van der Waals surface area contributed by atoms with Crippen molar-refractivity contribution in [2.24, 2.45) is 5.41 Å². The van der Waals surface area contributed by atoms with Crippen LogP contribution in [0.2, 0.25) is 0 Å². The minimum atomic E-state index is -1.50. The molecule has 0 aromatic heterocycles. The van der Waals surface area contributed by atoms with Crippen molar-refractivity contribution in [1.82, 2.24) is 0 Å². The van der Waals surface area contributed by atoms with Gasteiger partial charge in [-0.25, -0.2) is 8.78 Å². The summed E-state index contributed by atoms with van der Waals surface area (Å²) in [4.78, 5) is 0. The SMILES string of the molecule is Fc1cc(F)c(F)c(OCC2(CS)CC2)c1F. The zero-order chi connectivity index (χ0) is 12.6. The van der Waals surface area contributed by atoms with E-state index in [1.807, 2.05) is 0 Å². The largest absolute Gasteiger partial charge is 0.487 e. The van der Waals surface area contributed by atoms with E-state index >= 15 is 0 Å². The van der Waals surface area contributed by atoms with E-state index in [0.717, 1.165) is 12.8 Å². The first kappa shape index (κ1) is 12.5. The second kappa shape index (κ2) is 4.40. The molecule has 0 unspecified atom stereocenters. The second-order valence-electron chi connectivity index (χ2n) is 4.24. The molecule has 0 radical (unpaired) electrons. The van der Waals surface area contributed by atoms with Gasteiger partial charge in [0.2, 0.25) is 11.6 Å². The Bertz CT molecular complexity index is 419. The summed E-state index contributed by atoms with van der Waals surface area (Å²) < 4.78 is 57.0. The summed E-state index contributed by atoms with van der Waals surface area (Å²) in [5.41, 5.74) is -0.217. The van der Waals surface area contributed by atoms with E-state index in [1.165, 1.54) is 0 Å². The molecule has 0 spiro atoms. The van der Waals surface area contributed by atoms with Crippen LogP contribution in [0.15, 0.2) is 6.07 Å². The van der Waals surface area contributed by atoms with E-state index < -0.39 is 29.0 Å². The fourth-order valence-electron chi connectivity index (χ4n) is 1.43. The Balaban J connectivity index is 2.20. The fourth-order valence-corrected chi connectivity index (χ4v) is 1.84. The van der Waals surface area contributed by atoms with Crippen LogP contribution in [0.25, 0.3) is 0 Å². The molecule has 94 valence electrons. The van der Waals surface area contributed by atoms with Gasteiger partial charge in [-0.15, -0.1) is 0 Å². The molecule has 1 aliphatic carbocycles. The van der Waals surface area contributed by atoms with Gasteiger partial charge in [0.05, 0.1) is 6.61 Å². The minimum absolute atomic E-state index is 0.00718. The van der Waals surface area contributed by atoms with Gasteiger partial charge in [0.25, 0.3) is 0 Å². The highest BCUT2D eigenvalue weighted by molar-refractivity contribution is 7.80. The van der Waals surface area contributed by atoms with Crippen LogP contribution in [0.4, 0.5) is 17.6 Å². The highest BCUT2D eigenvalue weighted by atomic mass is 32.1. The molecule has 6 heteroatoms. The predicted molar refractivity (Wildman–Crippen MR) is 57.3 cm³/mol. The molecule has 0 N–H and O–H groups in total. The van der Waals surface area contributed by atoms with E-state index in [2.05, 4.69) is 12.6 Å². The average Bonchev–Trinajstić information content (AvgIpc) is 3.07. The Kier molecular flexibility index (Phi) is 3.25. The molecular formula is C11H10F4OS.